The molecule has 1 fully saturated rings. The summed E-state index contributed by atoms with van der Waals surface area (Å²) in [5, 5.41) is 14.0. The van der Waals surface area contributed by atoms with Gasteiger partial charge in [0.15, 0.2) is 0 Å². The molecule has 1 amide bonds. The summed E-state index contributed by atoms with van der Waals surface area (Å²) < 4.78 is 5.07. The first-order valence-electron chi connectivity index (χ1n) is 6.47. The Morgan fingerprint density at radius 2 is 2.17 bits per heavy atom. The number of likely N-dealkylation sites (tertiary alicyclic amines) is 1. The maximum Gasteiger partial charge on any atom is 0.259 e. The highest BCUT2D eigenvalue weighted by Crippen LogP contribution is 2.28. The van der Waals surface area contributed by atoms with Crippen LogP contribution in [0.4, 0.5) is 0 Å². The average molecular weight is 252 g/mol. The van der Waals surface area contributed by atoms with Gasteiger partial charge in [0.25, 0.3) is 5.91 Å². The first-order valence-corrected chi connectivity index (χ1v) is 6.47. The largest absolute Gasteiger partial charge is 0.386 e. The van der Waals surface area contributed by atoms with Gasteiger partial charge in [-0.2, -0.15) is 0 Å². The molecule has 100 valence electrons. The Hall–Kier alpha value is -1.36. The van der Waals surface area contributed by atoms with Crippen molar-refractivity contribution in [1.29, 1.82) is 0 Å². The van der Waals surface area contributed by atoms with Crippen LogP contribution in [0.25, 0.3) is 0 Å². The highest BCUT2D eigenvalue weighted by molar-refractivity contribution is 5.96. The number of rotatable bonds is 4. The molecule has 1 aromatic rings. The van der Waals surface area contributed by atoms with Crippen LogP contribution < -0.4 is 0 Å². The van der Waals surface area contributed by atoms with Crippen LogP contribution in [0.2, 0.25) is 0 Å². The van der Waals surface area contributed by atoms with E-state index in [2.05, 4.69) is 5.16 Å². The van der Waals surface area contributed by atoms with Gasteiger partial charge in [0.05, 0.1) is 24.4 Å². The second-order valence-corrected chi connectivity index (χ2v) is 5.05. The zero-order valence-corrected chi connectivity index (χ0v) is 11.2. The number of carbonyl (C=O) groups excluding carboxylic acids is 1. The third-order valence-corrected chi connectivity index (χ3v) is 3.46. The van der Waals surface area contributed by atoms with Crippen LogP contribution in [0, 0.1) is 6.92 Å². The minimum absolute atomic E-state index is 0.0774. The lowest BCUT2D eigenvalue weighted by atomic mass is 9.88. The maximum atomic E-state index is 12.3. The van der Waals surface area contributed by atoms with Crippen LogP contribution >= 0.6 is 0 Å². The highest BCUT2D eigenvalue weighted by atomic mass is 16.5. The summed E-state index contributed by atoms with van der Waals surface area (Å²) in [5.74, 6) is 0.481. The first-order chi connectivity index (χ1) is 8.50. The van der Waals surface area contributed by atoms with Crippen LogP contribution in [0.15, 0.2) is 4.52 Å². The Morgan fingerprint density at radius 3 is 2.72 bits per heavy atom. The number of hydrogen-bond acceptors (Lipinski definition) is 4. The van der Waals surface area contributed by atoms with Crippen molar-refractivity contribution in [2.75, 3.05) is 13.1 Å². The molecule has 1 aliphatic heterocycles. The lowest BCUT2D eigenvalue weighted by Crippen LogP contribution is -2.63. The number of aryl methyl sites for hydroxylation is 2. The number of aromatic nitrogens is 1. The Kier molecular flexibility index (Phi) is 3.43. The van der Waals surface area contributed by atoms with E-state index < -0.39 is 5.60 Å². The summed E-state index contributed by atoms with van der Waals surface area (Å²) in [6.45, 7) is 6.54. The van der Waals surface area contributed by atoms with Crippen LogP contribution in [0.3, 0.4) is 0 Å². The minimum atomic E-state index is -0.693. The van der Waals surface area contributed by atoms with E-state index in [9.17, 15) is 9.90 Å². The molecule has 1 aromatic heterocycles. The van der Waals surface area contributed by atoms with Crippen molar-refractivity contribution in [3.8, 4) is 0 Å². The molecule has 2 rings (SSSR count). The molecule has 5 heteroatoms. The molecule has 0 bridgehead atoms. The molecular weight excluding hydrogens is 232 g/mol. The summed E-state index contributed by atoms with van der Waals surface area (Å²) in [6.07, 6.45) is 2.33. The molecule has 0 unspecified atom stereocenters. The number of carbonyl (C=O) groups is 1. The number of hydrogen-bond donors (Lipinski definition) is 1. The van der Waals surface area contributed by atoms with Crippen molar-refractivity contribution >= 4 is 5.91 Å². The van der Waals surface area contributed by atoms with Crippen molar-refractivity contribution in [2.24, 2.45) is 0 Å². The summed E-state index contributed by atoms with van der Waals surface area (Å²) >= 11 is 0. The molecule has 0 atom stereocenters. The lowest BCUT2D eigenvalue weighted by molar-refractivity contribution is -0.0860. The summed E-state index contributed by atoms with van der Waals surface area (Å²) in [4.78, 5) is 14.0. The number of amides is 1. The lowest BCUT2D eigenvalue weighted by Gasteiger charge is -2.46. The Morgan fingerprint density at radius 1 is 1.50 bits per heavy atom. The van der Waals surface area contributed by atoms with E-state index in [1.54, 1.807) is 11.8 Å². The van der Waals surface area contributed by atoms with Crippen LogP contribution in [0.5, 0.6) is 0 Å². The molecular formula is C13H20N2O3. The Bertz CT molecular complexity index is 447. The molecule has 1 N–H and O–H groups in total. The summed E-state index contributed by atoms with van der Waals surface area (Å²) in [7, 11) is 0. The smallest absolute Gasteiger partial charge is 0.259 e. The van der Waals surface area contributed by atoms with E-state index in [0.29, 0.717) is 36.5 Å². The van der Waals surface area contributed by atoms with Gasteiger partial charge in [-0.05, 0) is 19.8 Å². The predicted molar refractivity (Wildman–Crippen MR) is 66.4 cm³/mol. The third-order valence-electron chi connectivity index (χ3n) is 3.46. The quantitative estimate of drug-likeness (QED) is 0.882. The highest BCUT2D eigenvalue weighted by Gasteiger charge is 2.44. The van der Waals surface area contributed by atoms with Gasteiger partial charge in [0.1, 0.15) is 11.3 Å². The standard InChI is InChI=1S/C13H20N2O3/c1-4-6-13(17)7-15(8-13)12(16)11-9(3)18-14-10(11)5-2/h17H,4-8H2,1-3H3. The fraction of sp³-hybridized carbons (Fsp3) is 0.692. The van der Waals surface area contributed by atoms with Gasteiger partial charge >= 0.3 is 0 Å². The van der Waals surface area contributed by atoms with E-state index >= 15 is 0 Å². The van der Waals surface area contributed by atoms with Crippen LogP contribution in [-0.4, -0.2) is 39.8 Å². The van der Waals surface area contributed by atoms with Gasteiger partial charge in [0.2, 0.25) is 0 Å². The average Bonchev–Trinajstić information content (AvgIpc) is 2.66. The topological polar surface area (TPSA) is 66.6 Å². The van der Waals surface area contributed by atoms with Crippen molar-refractivity contribution in [3.05, 3.63) is 17.0 Å². The van der Waals surface area contributed by atoms with Gasteiger partial charge in [-0.25, -0.2) is 0 Å². The predicted octanol–water partition coefficient (Wildman–Crippen LogP) is 1.53. The second kappa shape index (κ2) is 4.72. The van der Waals surface area contributed by atoms with Gasteiger partial charge < -0.3 is 14.5 Å². The van der Waals surface area contributed by atoms with Gasteiger partial charge in [0, 0.05) is 0 Å². The van der Waals surface area contributed by atoms with Crippen molar-refractivity contribution in [3.63, 3.8) is 0 Å². The number of nitrogens with zero attached hydrogens (tertiary/aromatic N) is 2. The zero-order chi connectivity index (χ0) is 13.3. The third kappa shape index (κ3) is 2.14. The van der Waals surface area contributed by atoms with E-state index in [1.807, 2.05) is 13.8 Å². The van der Waals surface area contributed by atoms with E-state index in [-0.39, 0.29) is 5.91 Å². The summed E-state index contributed by atoms with van der Waals surface area (Å²) in [6, 6.07) is 0. The SMILES string of the molecule is CCCC1(O)CN(C(=O)c2c(CC)noc2C)C1. The molecule has 1 aliphatic rings. The molecule has 18 heavy (non-hydrogen) atoms. The maximum absolute atomic E-state index is 12.3. The van der Waals surface area contributed by atoms with E-state index in [0.717, 1.165) is 12.8 Å². The second-order valence-electron chi connectivity index (χ2n) is 5.05. The molecule has 0 aromatic carbocycles. The van der Waals surface area contributed by atoms with Gasteiger partial charge in [-0.15, -0.1) is 0 Å². The number of aliphatic hydroxyl groups is 1. The molecule has 1 saturated heterocycles. The fourth-order valence-corrected chi connectivity index (χ4v) is 2.52. The zero-order valence-electron chi connectivity index (χ0n) is 11.2. The van der Waals surface area contributed by atoms with E-state index in [4.69, 9.17) is 4.52 Å². The Labute approximate surface area is 107 Å². The monoisotopic (exact) mass is 252 g/mol. The molecule has 0 radical (unpaired) electrons. The van der Waals surface area contributed by atoms with Crippen molar-refractivity contribution < 1.29 is 14.4 Å². The molecule has 0 aliphatic carbocycles. The van der Waals surface area contributed by atoms with E-state index in [1.165, 1.54) is 0 Å². The van der Waals surface area contributed by atoms with Crippen molar-refractivity contribution in [1.82, 2.24) is 10.1 Å². The molecule has 5 nitrogen and oxygen atoms in total. The Balaban J connectivity index is 2.08. The van der Waals surface area contributed by atoms with Crippen LogP contribution in [-0.2, 0) is 6.42 Å². The van der Waals surface area contributed by atoms with Gasteiger partial charge in [-0.1, -0.05) is 25.4 Å². The fourth-order valence-electron chi connectivity index (χ4n) is 2.52. The molecule has 2 heterocycles. The van der Waals surface area contributed by atoms with Crippen LogP contribution in [0.1, 0.15) is 48.5 Å². The normalized spacial score (nSPS) is 17.7. The molecule has 0 spiro atoms. The molecule has 0 saturated carbocycles. The number of β-amino-alcohol motifs (C(OH)–C–C–N with tert-alkyl or cyclic N) is 1. The summed E-state index contributed by atoms with van der Waals surface area (Å²) in [5.41, 5.74) is 0.571. The first kappa shape index (κ1) is 13.1. The van der Waals surface area contributed by atoms with Crippen molar-refractivity contribution in [2.45, 2.75) is 45.6 Å². The minimum Gasteiger partial charge on any atom is -0.386 e. The van der Waals surface area contributed by atoms with Gasteiger partial charge in [-0.3, -0.25) is 4.79 Å².